The molecule has 1 aliphatic rings. The van der Waals surface area contributed by atoms with Gasteiger partial charge in [0.25, 0.3) is 0 Å². The van der Waals surface area contributed by atoms with Crippen molar-refractivity contribution >= 4 is 15.9 Å². The number of nitrogens with zero attached hydrogens (tertiary/aromatic N) is 2. The van der Waals surface area contributed by atoms with E-state index in [2.05, 4.69) is 0 Å². The molecule has 6 nitrogen and oxygen atoms in total. The lowest BCUT2D eigenvalue weighted by atomic mass is 9.97. The molecule has 8 heteroatoms. The third-order valence-corrected chi connectivity index (χ3v) is 8.11. The van der Waals surface area contributed by atoms with Crippen LogP contribution in [-0.4, -0.2) is 43.7 Å². The zero-order valence-corrected chi connectivity index (χ0v) is 20.5. The van der Waals surface area contributed by atoms with Crippen molar-refractivity contribution in [2.24, 2.45) is 5.92 Å². The molecule has 3 aromatic rings. The number of carbonyl (C=O) groups is 1. The first-order valence-electron chi connectivity index (χ1n) is 11.6. The van der Waals surface area contributed by atoms with Crippen molar-refractivity contribution in [1.29, 1.82) is 0 Å². The van der Waals surface area contributed by atoms with Crippen molar-refractivity contribution in [2.75, 3.05) is 20.2 Å². The van der Waals surface area contributed by atoms with Crippen molar-refractivity contribution in [3.8, 4) is 5.75 Å². The third kappa shape index (κ3) is 5.89. The summed E-state index contributed by atoms with van der Waals surface area (Å²) in [5.41, 5.74) is 2.00. The standard InChI is InChI=1S/C27H29FN2O4S/c1-34-25-15-14-24(28)17-26(25)35(32,33)30-16-8-13-23(20-30)27(31)29(18-21-9-4-2-5-10-21)19-22-11-6-3-7-12-22/h2-7,9-12,14-15,17,23H,8,13,16,18-20H2,1H3/t23-/m0/s1. The summed E-state index contributed by atoms with van der Waals surface area (Å²) in [7, 11) is -2.69. The number of ether oxygens (including phenoxy) is 1. The van der Waals surface area contributed by atoms with E-state index in [1.54, 1.807) is 4.90 Å². The number of rotatable bonds is 8. The molecular weight excluding hydrogens is 467 g/mol. The summed E-state index contributed by atoms with van der Waals surface area (Å²) < 4.78 is 47.1. The van der Waals surface area contributed by atoms with Gasteiger partial charge < -0.3 is 9.64 Å². The van der Waals surface area contributed by atoms with Crippen LogP contribution in [0.1, 0.15) is 24.0 Å². The predicted octanol–water partition coefficient (Wildman–Crippen LogP) is 4.46. The Hall–Kier alpha value is -3.23. The Labute approximate surface area is 206 Å². The zero-order valence-electron chi connectivity index (χ0n) is 19.6. The summed E-state index contributed by atoms with van der Waals surface area (Å²) in [6, 6.07) is 22.9. The second kappa shape index (κ2) is 11.0. The number of amides is 1. The first kappa shape index (κ1) is 24.9. The Morgan fingerprint density at radius 2 is 1.60 bits per heavy atom. The fraction of sp³-hybridized carbons (Fsp3) is 0.296. The predicted molar refractivity (Wildman–Crippen MR) is 132 cm³/mol. The van der Waals surface area contributed by atoms with E-state index in [0.29, 0.717) is 25.9 Å². The molecule has 4 rings (SSSR count). The zero-order chi connectivity index (χ0) is 24.8. The summed E-state index contributed by atoms with van der Waals surface area (Å²) >= 11 is 0. The quantitative estimate of drug-likeness (QED) is 0.462. The van der Waals surface area contributed by atoms with Gasteiger partial charge in [0, 0.05) is 26.2 Å². The first-order chi connectivity index (χ1) is 16.9. The smallest absolute Gasteiger partial charge is 0.246 e. The monoisotopic (exact) mass is 496 g/mol. The summed E-state index contributed by atoms with van der Waals surface area (Å²) in [4.78, 5) is 15.3. The average Bonchev–Trinajstić information content (AvgIpc) is 2.89. The van der Waals surface area contributed by atoms with E-state index in [-0.39, 0.29) is 29.6 Å². The van der Waals surface area contributed by atoms with Gasteiger partial charge in [-0.3, -0.25) is 4.79 Å². The van der Waals surface area contributed by atoms with Gasteiger partial charge in [-0.1, -0.05) is 60.7 Å². The molecule has 0 unspecified atom stereocenters. The molecule has 1 aliphatic heterocycles. The van der Waals surface area contributed by atoms with Crippen LogP contribution in [0.15, 0.2) is 83.8 Å². The van der Waals surface area contributed by atoms with Gasteiger partial charge in [-0.05, 0) is 42.2 Å². The maximum Gasteiger partial charge on any atom is 0.246 e. The normalized spacial score (nSPS) is 16.6. The molecule has 1 atom stereocenters. The molecule has 0 N–H and O–H groups in total. The Bertz CT molecular complexity index is 1210. The van der Waals surface area contributed by atoms with Gasteiger partial charge in [0.1, 0.15) is 16.5 Å². The van der Waals surface area contributed by atoms with E-state index in [4.69, 9.17) is 4.74 Å². The van der Waals surface area contributed by atoms with Crippen LogP contribution in [0, 0.1) is 11.7 Å². The van der Waals surface area contributed by atoms with Crippen LogP contribution < -0.4 is 4.74 Å². The molecule has 1 saturated heterocycles. The molecule has 1 amide bonds. The highest BCUT2D eigenvalue weighted by Gasteiger charge is 2.36. The maximum absolute atomic E-state index is 13.9. The lowest BCUT2D eigenvalue weighted by Gasteiger charge is -2.34. The first-order valence-corrected chi connectivity index (χ1v) is 13.0. The maximum atomic E-state index is 13.9. The molecular formula is C27H29FN2O4S. The van der Waals surface area contributed by atoms with Crippen molar-refractivity contribution in [2.45, 2.75) is 30.8 Å². The molecule has 0 aromatic heterocycles. The number of halogens is 1. The molecule has 3 aromatic carbocycles. The number of hydrogen-bond acceptors (Lipinski definition) is 4. The number of benzene rings is 3. The molecule has 0 aliphatic carbocycles. The Kier molecular flexibility index (Phi) is 7.83. The van der Waals surface area contributed by atoms with E-state index in [1.807, 2.05) is 60.7 Å². The SMILES string of the molecule is COc1ccc(F)cc1S(=O)(=O)N1CCC[C@H](C(=O)N(Cc2ccccc2)Cc2ccccc2)C1. The molecule has 1 heterocycles. The van der Waals surface area contributed by atoms with Gasteiger partial charge in [-0.15, -0.1) is 0 Å². The fourth-order valence-electron chi connectivity index (χ4n) is 4.43. The molecule has 0 saturated carbocycles. The molecule has 0 radical (unpaired) electrons. The van der Waals surface area contributed by atoms with Crippen LogP contribution >= 0.6 is 0 Å². The minimum atomic E-state index is -4.04. The number of sulfonamides is 1. The second-order valence-corrected chi connectivity index (χ2v) is 10.6. The summed E-state index contributed by atoms with van der Waals surface area (Å²) in [5.74, 6) is -1.17. The number of piperidine rings is 1. The minimum Gasteiger partial charge on any atom is -0.495 e. The van der Waals surface area contributed by atoms with Gasteiger partial charge in [0.2, 0.25) is 15.9 Å². The molecule has 184 valence electrons. The molecule has 0 bridgehead atoms. The van der Waals surface area contributed by atoms with Gasteiger partial charge in [-0.25, -0.2) is 12.8 Å². The Balaban J connectivity index is 1.57. The number of hydrogen-bond donors (Lipinski definition) is 0. The molecule has 35 heavy (non-hydrogen) atoms. The highest BCUT2D eigenvalue weighted by atomic mass is 32.2. The minimum absolute atomic E-state index is 0.0426. The summed E-state index contributed by atoms with van der Waals surface area (Å²) in [6.07, 6.45) is 1.13. The van der Waals surface area contributed by atoms with Crippen molar-refractivity contribution < 1.29 is 22.3 Å². The van der Waals surface area contributed by atoms with Gasteiger partial charge in [-0.2, -0.15) is 4.31 Å². The second-order valence-electron chi connectivity index (χ2n) is 8.66. The fourth-order valence-corrected chi connectivity index (χ4v) is 6.12. The van der Waals surface area contributed by atoms with E-state index in [1.165, 1.54) is 17.5 Å². The summed E-state index contributed by atoms with van der Waals surface area (Å²) in [6.45, 7) is 1.16. The van der Waals surface area contributed by atoms with Crippen LogP contribution in [0.5, 0.6) is 5.75 Å². The van der Waals surface area contributed by atoms with E-state index in [9.17, 15) is 17.6 Å². The third-order valence-electron chi connectivity index (χ3n) is 6.22. The van der Waals surface area contributed by atoms with Crippen LogP contribution in [0.25, 0.3) is 0 Å². The number of carbonyl (C=O) groups excluding carboxylic acids is 1. The van der Waals surface area contributed by atoms with Crippen molar-refractivity contribution in [3.63, 3.8) is 0 Å². The molecule has 0 spiro atoms. The van der Waals surface area contributed by atoms with Gasteiger partial charge >= 0.3 is 0 Å². The number of methoxy groups -OCH3 is 1. The van der Waals surface area contributed by atoms with E-state index >= 15 is 0 Å². The lowest BCUT2D eigenvalue weighted by molar-refractivity contribution is -0.138. The van der Waals surface area contributed by atoms with Gasteiger partial charge in [0.05, 0.1) is 13.0 Å². The average molecular weight is 497 g/mol. The Morgan fingerprint density at radius 1 is 1.00 bits per heavy atom. The van der Waals surface area contributed by atoms with Crippen molar-refractivity contribution in [1.82, 2.24) is 9.21 Å². The van der Waals surface area contributed by atoms with Gasteiger partial charge in [0.15, 0.2) is 0 Å². The highest BCUT2D eigenvalue weighted by Crippen LogP contribution is 2.31. The lowest BCUT2D eigenvalue weighted by Crippen LogP contribution is -2.46. The van der Waals surface area contributed by atoms with Crippen molar-refractivity contribution in [3.05, 3.63) is 95.8 Å². The molecule has 1 fully saturated rings. The van der Waals surface area contributed by atoms with Crippen LogP contribution in [0.3, 0.4) is 0 Å². The van der Waals surface area contributed by atoms with E-state index < -0.39 is 21.8 Å². The van der Waals surface area contributed by atoms with Crippen LogP contribution in [-0.2, 0) is 27.9 Å². The van der Waals surface area contributed by atoms with Crippen LogP contribution in [0.4, 0.5) is 4.39 Å². The van der Waals surface area contributed by atoms with E-state index in [0.717, 1.165) is 23.3 Å². The highest BCUT2D eigenvalue weighted by molar-refractivity contribution is 7.89. The largest absolute Gasteiger partial charge is 0.495 e. The topological polar surface area (TPSA) is 66.9 Å². The Morgan fingerprint density at radius 3 is 2.17 bits per heavy atom. The summed E-state index contributed by atoms with van der Waals surface area (Å²) in [5, 5.41) is 0. The van der Waals surface area contributed by atoms with Crippen LogP contribution in [0.2, 0.25) is 0 Å².